The molecule has 6 heteroatoms. The van der Waals surface area contributed by atoms with Crippen molar-refractivity contribution in [1.29, 1.82) is 5.26 Å². The Hall–Kier alpha value is -5.80. The summed E-state index contributed by atoms with van der Waals surface area (Å²) >= 11 is 0. The Morgan fingerprint density at radius 1 is 0.417 bits per heavy atom. The molecule has 0 radical (unpaired) electrons. The molecule has 0 fully saturated rings. The van der Waals surface area contributed by atoms with Crippen LogP contribution in [0.5, 0.6) is 0 Å². The van der Waals surface area contributed by atoms with Crippen LogP contribution in [0.3, 0.4) is 0 Å². The van der Waals surface area contributed by atoms with Crippen LogP contribution in [0.1, 0.15) is 116 Å². The number of alkyl halides is 3. The van der Waals surface area contributed by atoms with E-state index in [1.54, 1.807) is 12.1 Å². The molecule has 0 atom stereocenters. The minimum Gasteiger partial charge on any atom is -0.307 e. The summed E-state index contributed by atoms with van der Waals surface area (Å²) in [6.07, 6.45) is -4.63. The molecule has 6 aromatic carbocycles. The van der Waals surface area contributed by atoms with Gasteiger partial charge in [0, 0.05) is 27.1 Å². The highest BCUT2D eigenvalue weighted by Gasteiger charge is 2.35. The van der Waals surface area contributed by atoms with Crippen molar-refractivity contribution in [2.24, 2.45) is 0 Å². The summed E-state index contributed by atoms with van der Waals surface area (Å²) in [7, 11) is 0. The average Bonchev–Trinajstić information content (AvgIpc) is 3.67. The monoisotopic (exact) mass is 801 g/mol. The first-order chi connectivity index (χ1) is 27.9. The van der Waals surface area contributed by atoms with Gasteiger partial charge in [0.1, 0.15) is 0 Å². The van der Waals surface area contributed by atoms with Crippen molar-refractivity contribution in [2.75, 3.05) is 0 Å². The number of nitrogens with zero attached hydrogens (tertiary/aromatic N) is 3. The summed E-state index contributed by atoms with van der Waals surface area (Å²) < 4.78 is 48.9. The normalized spacial score (nSPS) is 13.2. The lowest BCUT2D eigenvalue weighted by Crippen LogP contribution is -2.11. The fourth-order valence-electron chi connectivity index (χ4n) is 8.65. The van der Waals surface area contributed by atoms with Crippen molar-refractivity contribution in [1.82, 2.24) is 9.13 Å². The second-order valence-corrected chi connectivity index (χ2v) is 20.6. The third-order valence-corrected chi connectivity index (χ3v) is 12.2. The molecule has 0 aliphatic heterocycles. The minimum atomic E-state index is -4.63. The predicted octanol–water partition coefficient (Wildman–Crippen LogP) is 15.6. The van der Waals surface area contributed by atoms with Crippen molar-refractivity contribution < 1.29 is 13.2 Å². The van der Waals surface area contributed by atoms with E-state index < -0.39 is 11.7 Å². The van der Waals surface area contributed by atoms with Crippen LogP contribution >= 0.6 is 0 Å². The largest absolute Gasteiger partial charge is 0.417 e. The van der Waals surface area contributed by atoms with Crippen LogP contribution in [0.4, 0.5) is 13.2 Å². The zero-order chi connectivity index (χ0) is 43.5. The van der Waals surface area contributed by atoms with Crippen LogP contribution in [-0.2, 0) is 27.8 Å². The number of halogens is 3. The molecular weight excluding hydrogens is 748 g/mol. The standard InChI is InChI=1S/C54H54F3N3/c1-50(2,3)33-17-21-44-39(26-33)40-27-34(51(4,5)6)18-22-45(40)59(44)48-25-32(31-58)38(37-15-13-14-16-43(37)54(55,56)57)30-49(48)60-46-23-19-35(52(7,8)9)28-41(46)42-29-36(53(10,11)12)20-24-47(42)60/h13-30H,1-12H3. The number of nitriles is 1. The molecule has 2 heterocycles. The number of rotatable bonds is 3. The highest BCUT2D eigenvalue weighted by atomic mass is 19.4. The molecule has 0 spiro atoms. The molecule has 8 aromatic rings. The fourth-order valence-corrected chi connectivity index (χ4v) is 8.65. The lowest BCUT2D eigenvalue weighted by atomic mass is 9.85. The van der Waals surface area contributed by atoms with Gasteiger partial charge in [0.15, 0.2) is 0 Å². The van der Waals surface area contributed by atoms with E-state index in [2.05, 4.69) is 171 Å². The summed E-state index contributed by atoms with van der Waals surface area (Å²) in [5, 5.41) is 15.2. The smallest absolute Gasteiger partial charge is 0.307 e. The van der Waals surface area contributed by atoms with Crippen LogP contribution in [0.2, 0.25) is 0 Å². The summed E-state index contributed by atoms with van der Waals surface area (Å²) in [5.41, 5.74) is 8.96. The van der Waals surface area contributed by atoms with Gasteiger partial charge in [-0.2, -0.15) is 18.4 Å². The van der Waals surface area contributed by atoms with E-state index in [1.165, 1.54) is 34.4 Å². The first-order valence-electron chi connectivity index (χ1n) is 20.8. The van der Waals surface area contributed by atoms with E-state index in [-0.39, 0.29) is 38.4 Å². The molecule has 60 heavy (non-hydrogen) atoms. The van der Waals surface area contributed by atoms with Crippen LogP contribution in [-0.4, -0.2) is 9.13 Å². The van der Waals surface area contributed by atoms with Gasteiger partial charge < -0.3 is 9.13 Å². The number of aromatic nitrogens is 2. The van der Waals surface area contributed by atoms with Crippen molar-refractivity contribution in [3.63, 3.8) is 0 Å². The second kappa shape index (κ2) is 13.6. The number of hydrogen-bond acceptors (Lipinski definition) is 1. The maximum absolute atomic E-state index is 14.8. The summed E-state index contributed by atoms with van der Waals surface area (Å²) in [4.78, 5) is 0. The van der Waals surface area contributed by atoms with E-state index in [0.717, 1.165) is 49.7 Å². The lowest BCUT2D eigenvalue weighted by molar-refractivity contribution is -0.137. The Morgan fingerprint density at radius 2 is 0.750 bits per heavy atom. The Kier molecular flexibility index (Phi) is 9.29. The molecule has 0 bridgehead atoms. The molecule has 0 aliphatic rings. The fraction of sp³-hybridized carbons (Fsp3) is 0.315. The molecular formula is C54H54F3N3. The van der Waals surface area contributed by atoms with Crippen molar-refractivity contribution in [3.05, 3.63) is 143 Å². The third kappa shape index (κ3) is 6.86. The van der Waals surface area contributed by atoms with Gasteiger partial charge in [-0.05, 0) is 116 Å². The Morgan fingerprint density at radius 3 is 1.07 bits per heavy atom. The van der Waals surface area contributed by atoms with Crippen molar-refractivity contribution in [2.45, 2.75) is 111 Å². The maximum Gasteiger partial charge on any atom is 0.417 e. The second-order valence-electron chi connectivity index (χ2n) is 20.6. The number of fused-ring (bicyclic) bond motifs is 6. The molecule has 8 rings (SSSR count). The SMILES string of the molecule is CC(C)(C)c1ccc2c(c1)c1cc(C(C)(C)C)ccc1n2-c1cc(C#N)c(-c2ccccc2C(F)(F)F)cc1-n1c2ccc(C(C)(C)C)cc2c2cc(C(C)(C)C)ccc21. The highest BCUT2D eigenvalue weighted by Crippen LogP contribution is 2.45. The van der Waals surface area contributed by atoms with Crippen molar-refractivity contribution >= 4 is 43.6 Å². The Labute approximate surface area is 352 Å². The molecule has 0 saturated carbocycles. The van der Waals surface area contributed by atoms with E-state index in [1.807, 2.05) is 6.07 Å². The quantitative estimate of drug-likeness (QED) is 0.175. The van der Waals surface area contributed by atoms with E-state index in [0.29, 0.717) is 11.4 Å². The van der Waals surface area contributed by atoms with Gasteiger partial charge in [0.05, 0.1) is 50.6 Å². The van der Waals surface area contributed by atoms with Crippen LogP contribution in [0.15, 0.2) is 109 Å². The lowest BCUT2D eigenvalue weighted by Gasteiger charge is -2.22. The first kappa shape index (κ1) is 41.0. The Bertz CT molecular complexity index is 2920. The van der Waals surface area contributed by atoms with E-state index in [4.69, 9.17) is 0 Å². The van der Waals surface area contributed by atoms with E-state index >= 15 is 0 Å². The average molecular weight is 802 g/mol. The minimum absolute atomic E-state index is 0.0352. The Balaban J connectivity index is 1.59. The van der Waals surface area contributed by atoms with Gasteiger partial charge in [0.2, 0.25) is 0 Å². The maximum atomic E-state index is 14.8. The highest BCUT2D eigenvalue weighted by molar-refractivity contribution is 6.12. The van der Waals surface area contributed by atoms with E-state index in [9.17, 15) is 18.4 Å². The van der Waals surface area contributed by atoms with Crippen molar-refractivity contribution in [3.8, 4) is 28.6 Å². The molecule has 2 aromatic heterocycles. The van der Waals surface area contributed by atoms with Gasteiger partial charge in [-0.15, -0.1) is 0 Å². The number of benzene rings is 6. The first-order valence-corrected chi connectivity index (χ1v) is 20.8. The summed E-state index contributed by atoms with van der Waals surface area (Å²) in [6.45, 7) is 26.5. The zero-order valence-corrected chi connectivity index (χ0v) is 36.9. The molecule has 0 saturated heterocycles. The van der Waals surface area contributed by atoms with Crippen LogP contribution in [0.25, 0.3) is 66.1 Å². The summed E-state index contributed by atoms with van der Waals surface area (Å²) in [5.74, 6) is 0. The zero-order valence-electron chi connectivity index (χ0n) is 36.9. The van der Waals surface area contributed by atoms with Crippen LogP contribution < -0.4 is 0 Å². The van der Waals surface area contributed by atoms with Gasteiger partial charge >= 0.3 is 6.18 Å². The molecule has 0 aliphatic carbocycles. The van der Waals surface area contributed by atoms with Gasteiger partial charge in [-0.1, -0.05) is 126 Å². The molecule has 0 unspecified atom stereocenters. The van der Waals surface area contributed by atoms with Gasteiger partial charge in [-0.3, -0.25) is 0 Å². The predicted molar refractivity (Wildman–Crippen MR) is 245 cm³/mol. The molecule has 0 amide bonds. The number of hydrogen-bond donors (Lipinski definition) is 0. The molecule has 3 nitrogen and oxygen atoms in total. The molecule has 0 N–H and O–H groups in total. The third-order valence-electron chi connectivity index (χ3n) is 12.2. The topological polar surface area (TPSA) is 33.6 Å². The van der Waals surface area contributed by atoms with Crippen LogP contribution in [0, 0.1) is 11.3 Å². The molecule has 306 valence electrons. The van der Waals surface area contributed by atoms with Gasteiger partial charge in [0.25, 0.3) is 0 Å². The summed E-state index contributed by atoms with van der Waals surface area (Å²) in [6, 6.07) is 37.9. The van der Waals surface area contributed by atoms with Gasteiger partial charge in [-0.25, -0.2) is 0 Å².